The SMILES string of the molecule is COC(=O)N1CCC(CNC(=O)C(C)(C)Oc2ccc(Cl)cc2)CC1. The first-order valence-electron chi connectivity index (χ1n) is 8.37. The first-order valence-corrected chi connectivity index (χ1v) is 8.75. The molecule has 0 bridgehead atoms. The minimum atomic E-state index is -0.986. The normalized spacial score (nSPS) is 15.6. The summed E-state index contributed by atoms with van der Waals surface area (Å²) in [5.74, 6) is 0.768. The van der Waals surface area contributed by atoms with Crippen molar-refractivity contribution >= 4 is 23.6 Å². The summed E-state index contributed by atoms with van der Waals surface area (Å²) < 4.78 is 10.5. The molecule has 2 amide bonds. The van der Waals surface area contributed by atoms with Gasteiger partial charge in [-0.3, -0.25) is 4.79 Å². The standard InChI is InChI=1S/C18H25ClN2O4/c1-18(2,25-15-6-4-14(19)5-7-15)16(22)20-12-13-8-10-21(11-9-13)17(23)24-3/h4-7,13H,8-12H2,1-3H3,(H,20,22). The van der Waals surface area contributed by atoms with Gasteiger partial charge in [-0.05, 0) is 56.9 Å². The third-order valence-electron chi connectivity index (χ3n) is 4.33. The Balaban J connectivity index is 1.79. The molecule has 0 unspecified atom stereocenters. The van der Waals surface area contributed by atoms with Crippen molar-refractivity contribution < 1.29 is 19.1 Å². The van der Waals surface area contributed by atoms with Crippen molar-refractivity contribution in [3.05, 3.63) is 29.3 Å². The summed E-state index contributed by atoms with van der Waals surface area (Å²) >= 11 is 5.85. The number of methoxy groups -OCH3 is 1. The number of carbonyl (C=O) groups is 2. The molecule has 1 aromatic rings. The average Bonchev–Trinajstić information content (AvgIpc) is 2.61. The van der Waals surface area contributed by atoms with E-state index in [1.165, 1.54) is 7.11 Å². The molecule has 138 valence electrons. The van der Waals surface area contributed by atoms with Crippen LogP contribution in [0, 0.1) is 5.92 Å². The lowest BCUT2D eigenvalue weighted by Gasteiger charge is -2.32. The second kappa shape index (κ2) is 8.43. The van der Waals surface area contributed by atoms with E-state index in [0.717, 1.165) is 12.8 Å². The van der Waals surface area contributed by atoms with Gasteiger partial charge in [0.1, 0.15) is 5.75 Å². The van der Waals surface area contributed by atoms with Gasteiger partial charge in [0.25, 0.3) is 5.91 Å². The van der Waals surface area contributed by atoms with Gasteiger partial charge in [-0.2, -0.15) is 0 Å². The molecular weight excluding hydrogens is 344 g/mol. The first kappa shape index (κ1) is 19.4. The highest BCUT2D eigenvalue weighted by Gasteiger charge is 2.31. The Morgan fingerprint density at radius 3 is 2.40 bits per heavy atom. The first-order chi connectivity index (χ1) is 11.8. The van der Waals surface area contributed by atoms with Crippen molar-refractivity contribution in [2.24, 2.45) is 5.92 Å². The van der Waals surface area contributed by atoms with Gasteiger partial charge in [-0.25, -0.2) is 4.79 Å². The van der Waals surface area contributed by atoms with E-state index in [1.54, 1.807) is 43.0 Å². The van der Waals surface area contributed by atoms with Crippen molar-refractivity contribution in [3.63, 3.8) is 0 Å². The Hall–Kier alpha value is -1.95. The Labute approximate surface area is 153 Å². The maximum Gasteiger partial charge on any atom is 0.409 e. The fourth-order valence-electron chi connectivity index (χ4n) is 2.74. The minimum absolute atomic E-state index is 0.169. The molecule has 1 heterocycles. The Bertz CT molecular complexity index is 596. The van der Waals surface area contributed by atoms with Crippen molar-refractivity contribution in [2.45, 2.75) is 32.3 Å². The number of nitrogens with one attached hydrogen (secondary N) is 1. The zero-order chi connectivity index (χ0) is 18.4. The topological polar surface area (TPSA) is 67.9 Å². The molecule has 0 spiro atoms. The molecule has 1 aliphatic heterocycles. The van der Waals surface area contributed by atoms with Crippen molar-refractivity contribution in [3.8, 4) is 5.75 Å². The number of hydrogen-bond acceptors (Lipinski definition) is 4. The summed E-state index contributed by atoms with van der Waals surface area (Å²) in [4.78, 5) is 25.6. The van der Waals surface area contributed by atoms with Crippen LogP contribution >= 0.6 is 11.6 Å². The lowest BCUT2D eigenvalue weighted by atomic mass is 9.96. The van der Waals surface area contributed by atoms with Crippen LogP contribution in [0.25, 0.3) is 0 Å². The largest absolute Gasteiger partial charge is 0.478 e. The summed E-state index contributed by atoms with van der Waals surface area (Å²) in [5, 5.41) is 3.58. The van der Waals surface area contributed by atoms with E-state index in [0.29, 0.717) is 36.3 Å². The molecular formula is C18H25ClN2O4. The molecule has 2 rings (SSSR count). The molecule has 0 radical (unpaired) electrons. The highest BCUT2D eigenvalue weighted by atomic mass is 35.5. The number of benzene rings is 1. The highest BCUT2D eigenvalue weighted by Crippen LogP contribution is 2.22. The van der Waals surface area contributed by atoms with E-state index in [9.17, 15) is 9.59 Å². The third kappa shape index (κ3) is 5.53. The van der Waals surface area contributed by atoms with Crippen LogP contribution in [0.2, 0.25) is 5.02 Å². The molecule has 1 saturated heterocycles. The number of hydrogen-bond donors (Lipinski definition) is 1. The fraction of sp³-hybridized carbons (Fsp3) is 0.556. The summed E-state index contributed by atoms with van der Waals surface area (Å²) in [6.07, 6.45) is 1.39. The van der Waals surface area contributed by atoms with Gasteiger partial charge in [-0.1, -0.05) is 11.6 Å². The number of rotatable bonds is 5. The molecule has 6 nitrogen and oxygen atoms in total. The van der Waals surface area contributed by atoms with Crippen molar-refractivity contribution in [1.82, 2.24) is 10.2 Å². The smallest absolute Gasteiger partial charge is 0.409 e. The Morgan fingerprint density at radius 1 is 1.24 bits per heavy atom. The minimum Gasteiger partial charge on any atom is -0.478 e. The molecule has 7 heteroatoms. The number of piperidine rings is 1. The van der Waals surface area contributed by atoms with Gasteiger partial charge in [0.2, 0.25) is 0 Å². The number of carbonyl (C=O) groups excluding carboxylic acids is 2. The van der Waals surface area contributed by atoms with E-state index in [1.807, 2.05) is 0 Å². The van der Waals surface area contributed by atoms with Gasteiger partial charge in [-0.15, -0.1) is 0 Å². The molecule has 25 heavy (non-hydrogen) atoms. The molecule has 1 aromatic carbocycles. The zero-order valence-electron chi connectivity index (χ0n) is 14.9. The molecule has 0 atom stereocenters. The molecule has 1 N–H and O–H groups in total. The van der Waals surface area contributed by atoms with Crippen LogP contribution in [0.4, 0.5) is 4.79 Å². The van der Waals surface area contributed by atoms with Crippen LogP contribution < -0.4 is 10.1 Å². The summed E-state index contributed by atoms with van der Waals surface area (Å²) in [6, 6.07) is 6.92. The van der Waals surface area contributed by atoms with E-state index in [2.05, 4.69) is 5.32 Å². The second-order valence-electron chi connectivity index (χ2n) is 6.68. The van der Waals surface area contributed by atoms with Gasteiger partial charge >= 0.3 is 6.09 Å². The van der Waals surface area contributed by atoms with Crippen LogP contribution in [0.1, 0.15) is 26.7 Å². The highest BCUT2D eigenvalue weighted by molar-refractivity contribution is 6.30. The van der Waals surface area contributed by atoms with Gasteiger partial charge in [0.05, 0.1) is 7.11 Å². The quantitative estimate of drug-likeness (QED) is 0.867. The van der Waals surface area contributed by atoms with E-state index < -0.39 is 5.60 Å². The summed E-state index contributed by atoms with van der Waals surface area (Å²) in [5.41, 5.74) is -0.986. The predicted molar refractivity (Wildman–Crippen MR) is 95.9 cm³/mol. The van der Waals surface area contributed by atoms with Gasteiger partial charge < -0.3 is 19.7 Å². The Morgan fingerprint density at radius 2 is 1.84 bits per heavy atom. The summed E-state index contributed by atoms with van der Waals surface area (Å²) in [7, 11) is 1.39. The number of ether oxygens (including phenoxy) is 2. The van der Waals surface area contributed by atoms with Crippen molar-refractivity contribution in [2.75, 3.05) is 26.7 Å². The average molecular weight is 369 g/mol. The number of nitrogens with zero attached hydrogens (tertiary/aromatic N) is 1. The fourth-order valence-corrected chi connectivity index (χ4v) is 2.87. The van der Waals surface area contributed by atoms with Crippen LogP contribution in [-0.4, -0.2) is 49.2 Å². The number of halogens is 1. The van der Waals surface area contributed by atoms with Crippen LogP contribution in [-0.2, 0) is 9.53 Å². The monoisotopic (exact) mass is 368 g/mol. The van der Waals surface area contributed by atoms with Gasteiger partial charge in [0.15, 0.2) is 5.60 Å². The van der Waals surface area contributed by atoms with E-state index in [-0.39, 0.29) is 12.0 Å². The summed E-state index contributed by atoms with van der Waals surface area (Å²) in [6.45, 7) is 5.34. The van der Waals surface area contributed by atoms with E-state index in [4.69, 9.17) is 21.1 Å². The number of likely N-dealkylation sites (tertiary alicyclic amines) is 1. The number of amides is 2. The molecule has 0 saturated carbocycles. The van der Waals surface area contributed by atoms with Crippen molar-refractivity contribution in [1.29, 1.82) is 0 Å². The predicted octanol–water partition coefficient (Wildman–Crippen LogP) is 3.09. The molecule has 1 aliphatic rings. The van der Waals surface area contributed by atoms with E-state index >= 15 is 0 Å². The van der Waals surface area contributed by atoms with Gasteiger partial charge in [0, 0.05) is 24.7 Å². The van der Waals surface area contributed by atoms with Crippen LogP contribution in [0.5, 0.6) is 5.75 Å². The molecule has 0 aromatic heterocycles. The lowest BCUT2D eigenvalue weighted by Crippen LogP contribution is -2.49. The molecule has 1 fully saturated rings. The third-order valence-corrected chi connectivity index (χ3v) is 4.58. The lowest BCUT2D eigenvalue weighted by molar-refractivity contribution is -0.134. The Kier molecular flexibility index (Phi) is 6.53. The maximum absolute atomic E-state index is 12.5. The molecule has 0 aliphatic carbocycles. The second-order valence-corrected chi connectivity index (χ2v) is 7.11. The maximum atomic E-state index is 12.5. The zero-order valence-corrected chi connectivity index (χ0v) is 15.6. The van der Waals surface area contributed by atoms with Crippen LogP contribution in [0.15, 0.2) is 24.3 Å². The van der Waals surface area contributed by atoms with Crippen LogP contribution in [0.3, 0.4) is 0 Å².